The molecule has 2 aromatic heterocycles. The van der Waals surface area contributed by atoms with Gasteiger partial charge in [-0.2, -0.15) is 0 Å². The van der Waals surface area contributed by atoms with Crippen LogP contribution in [0.15, 0.2) is 44.2 Å². The summed E-state index contributed by atoms with van der Waals surface area (Å²) in [4.78, 5) is 61.1. The molecule has 2 unspecified atom stereocenters. The van der Waals surface area contributed by atoms with Gasteiger partial charge in [0.2, 0.25) is 5.91 Å². The third kappa shape index (κ3) is 7.52. The molecule has 3 aromatic rings. The number of nitrogens with zero attached hydrogens (tertiary/aromatic N) is 3. The molecule has 0 bridgehead atoms. The molecule has 1 aromatic carbocycles. The Balaban J connectivity index is 1.29. The number of carbonyl (C=O) groups is 3. The number of fused-ring (bicyclic) bond motifs is 1. The molecule has 0 aliphatic carbocycles. The Hall–Kier alpha value is -3.23. The standard InChI is InChI=1S/C30H37Br2N7O5/c1-17(40)23(15-18-4-9-33-10-5-18)35-28(42)24(16-19-13-21(31)26(41)22(32)14-19)36-29(43)38-11-6-20(7-12-38)39-25-3-2-8-34-27(25)37-30(39)44/h2-3,8,13-14,18,20,23-24,33,41H,4-7,9-12,15-16H2,1H3,(H,35,42)(H,36,43)(H,34,37,44). The number of hydrogen-bond donors (Lipinski definition) is 5. The summed E-state index contributed by atoms with van der Waals surface area (Å²) in [6.07, 6.45) is 5.32. The minimum Gasteiger partial charge on any atom is -0.506 e. The molecule has 12 nitrogen and oxygen atoms in total. The summed E-state index contributed by atoms with van der Waals surface area (Å²) in [5, 5.41) is 19.3. The van der Waals surface area contributed by atoms with Gasteiger partial charge >= 0.3 is 11.7 Å². The van der Waals surface area contributed by atoms with Gasteiger partial charge in [0.1, 0.15) is 11.8 Å². The van der Waals surface area contributed by atoms with E-state index >= 15 is 0 Å². The van der Waals surface area contributed by atoms with Crippen molar-refractivity contribution in [2.24, 2.45) is 5.92 Å². The van der Waals surface area contributed by atoms with Crippen LogP contribution in [-0.4, -0.2) is 80.5 Å². The van der Waals surface area contributed by atoms with Crippen LogP contribution < -0.4 is 21.6 Å². The number of aromatic nitrogens is 3. The van der Waals surface area contributed by atoms with Crippen molar-refractivity contribution in [1.29, 1.82) is 0 Å². The van der Waals surface area contributed by atoms with Gasteiger partial charge in [-0.15, -0.1) is 0 Å². The van der Waals surface area contributed by atoms with Gasteiger partial charge in [-0.25, -0.2) is 14.6 Å². The second-order valence-corrected chi connectivity index (χ2v) is 13.3. The molecule has 2 saturated heterocycles. The predicted molar refractivity (Wildman–Crippen MR) is 173 cm³/mol. The van der Waals surface area contributed by atoms with Crippen LogP contribution in [0.5, 0.6) is 5.75 Å². The molecule has 5 N–H and O–H groups in total. The van der Waals surface area contributed by atoms with Crippen LogP contribution in [0, 0.1) is 5.92 Å². The van der Waals surface area contributed by atoms with E-state index in [0.29, 0.717) is 58.4 Å². The Morgan fingerprint density at radius 1 is 1.07 bits per heavy atom. The summed E-state index contributed by atoms with van der Waals surface area (Å²) >= 11 is 6.68. The Labute approximate surface area is 271 Å². The molecular formula is C30H37Br2N7O5. The Kier molecular flexibility index (Phi) is 10.4. The number of carbonyl (C=O) groups excluding carboxylic acids is 3. The van der Waals surface area contributed by atoms with Crippen LogP contribution in [0.3, 0.4) is 0 Å². The first-order valence-electron chi connectivity index (χ1n) is 14.9. The molecule has 2 atom stereocenters. The average Bonchev–Trinajstić information content (AvgIpc) is 3.35. The van der Waals surface area contributed by atoms with Crippen LogP contribution in [-0.2, 0) is 16.0 Å². The lowest BCUT2D eigenvalue weighted by Gasteiger charge is -2.34. The Morgan fingerprint density at radius 3 is 2.41 bits per heavy atom. The minimum atomic E-state index is -0.972. The van der Waals surface area contributed by atoms with Gasteiger partial charge in [0.15, 0.2) is 11.4 Å². The molecule has 44 heavy (non-hydrogen) atoms. The van der Waals surface area contributed by atoms with E-state index in [4.69, 9.17) is 0 Å². The molecule has 0 spiro atoms. The second kappa shape index (κ2) is 14.2. The van der Waals surface area contributed by atoms with Crippen molar-refractivity contribution in [3.8, 4) is 5.75 Å². The molecule has 236 valence electrons. The zero-order chi connectivity index (χ0) is 31.4. The number of Topliss-reactive ketones (excluding diaryl/α,β-unsaturated/α-hetero) is 1. The lowest BCUT2D eigenvalue weighted by atomic mass is 9.89. The van der Waals surface area contributed by atoms with Crippen LogP contribution in [0.2, 0.25) is 0 Å². The van der Waals surface area contributed by atoms with E-state index in [1.54, 1.807) is 33.9 Å². The number of hydrogen-bond acceptors (Lipinski definition) is 7. The predicted octanol–water partition coefficient (Wildman–Crippen LogP) is 3.38. The first-order chi connectivity index (χ1) is 21.1. The number of aromatic hydroxyl groups is 1. The van der Waals surface area contributed by atoms with Crippen LogP contribution in [0.25, 0.3) is 11.2 Å². The van der Waals surface area contributed by atoms with E-state index < -0.39 is 24.0 Å². The number of imidazole rings is 1. The number of phenolic OH excluding ortho intramolecular Hbond substituents is 1. The number of aromatic amines is 1. The van der Waals surface area contributed by atoms with Crippen molar-refractivity contribution in [3.05, 3.63) is 55.5 Å². The lowest BCUT2D eigenvalue weighted by molar-refractivity contribution is -0.128. The van der Waals surface area contributed by atoms with E-state index in [2.05, 4.69) is 57.8 Å². The molecule has 3 amide bonds. The monoisotopic (exact) mass is 733 g/mol. The van der Waals surface area contributed by atoms with E-state index in [-0.39, 0.29) is 29.7 Å². The van der Waals surface area contributed by atoms with Gasteiger partial charge in [0, 0.05) is 31.7 Å². The highest BCUT2D eigenvalue weighted by molar-refractivity contribution is 9.11. The number of amides is 3. The number of rotatable bonds is 9. The van der Waals surface area contributed by atoms with Crippen LogP contribution in [0.1, 0.15) is 50.6 Å². The van der Waals surface area contributed by atoms with Gasteiger partial charge < -0.3 is 26.0 Å². The summed E-state index contributed by atoms with van der Waals surface area (Å²) in [5.41, 5.74) is 1.73. The SMILES string of the molecule is CC(=O)C(CC1CCNCC1)NC(=O)C(Cc1cc(Br)c(O)c(Br)c1)NC(=O)N1CCC(n2c(=O)[nH]c3ncccc32)CC1. The first kappa shape index (κ1) is 32.2. The fourth-order valence-electron chi connectivity index (χ4n) is 6.12. The number of ketones is 1. The fraction of sp³-hybridized carbons (Fsp3) is 0.500. The molecule has 2 fully saturated rings. The number of urea groups is 1. The Bertz CT molecular complexity index is 1550. The summed E-state index contributed by atoms with van der Waals surface area (Å²) in [5.74, 6) is -0.211. The lowest BCUT2D eigenvalue weighted by Crippen LogP contribution is -2.56. The summed E-state index contributed by atoms with van der Waals surface area (Å²) in [6.45, 7) is 4.04. The number of H-pyrrole nitrogens is 1. The largest absolute Gasteiger partial charge is 0.506 e. The summed E-state index contributed by atoms with van der Waals surface area (Å²) < 4.78 is 2.60. The van der Waals surface area contributed by atoms with Crippen molar-refractivity contribution in [2.45, 2.75) is 63.6 Å². The maximum Gasteiger partial charge on any atom is 0.327 e. The molecule has 14 heteroatoms. The normalized spacial score (nSPS) is 17.8. The molecule has 5 rings (SSSR count). The first-order valence-corrected chi connectivity index (χ1v) is 16.5. The van der Waals surface area contributed by atoms with Crippen molar-refractivity contribution in [3.63, 3.8) is 0 Å². The van der Waals surface area contributed by atoms with Gasteiger partial charge in [-0.3, -0.25) is 19.1 Å². The molecular weight excluding hydrogens is 698 g/mol. The van der Waals surface area contributed by atoms with E-state index in [9.17, 15) is 24.3 Å². The van der Waals surface area contributed by atoms with Crippen molar-refractivity contribution < 1.29 is 19.5 Å². The van der Waals surface area contributed by atoms with Crippen molar-refractivity contribution in [1.82, 2.24) is 35.4 Å². The molecule has 2 aliphatic rings. The fourth-order valence-corrected chi connectivity index (χ4v) is 7.40. The Morgan fingerprint density at radius 2 is 1.75 bits per heavy atom. The third-order valence-electron chi connectivity index (χ3n) is 8.57. The highest BCUT2D eigenvalue weighted by atomic mass is 79.9. The summed E-state index contributed by atoms with van der Waals surface area (Å²) in [6, 6.07) is 4.92. The molecule has 0 radical (unpaired) electrons. The topological polar surface area (TPSA) is 161 Å². The maximum absolute atomic E-state index is 13.7. The highest BCUT2D eigenvalue weighted by Gasteiger charge is 2.31. The number of likely N-dealkylation sites (tertiary alicyclic amines) is 1. The van der Waals surface area contributed by atoms with Gasteiger partial charge in [-0.1, -0.05) is 0 Å². The highest BCUT2D eigenvalue weighted by Crippen LogP contribution is 2.34. The third-order valence-corrected chi connectivity index (χ3v) is 9.78. The van der Waals surface area contributed by atoms with Gasteiger partial charge in [0.05, 0.1) is 20.5 Å². The van der Waals surface area contributed by atoms with Gasteiger partial charge in [-0.05, 0) is 120 Å². The zero-order valence-corrected chi connectivity index (χ0v) is 27.6. The number of halogens is 2. The van der Waals surface area contributed by atoms with E-state index in [0.717, 1.165) is 31.4 Å². The second-order valence-electron chi connectivity index (χ2n) is 11.6. The summed E-state index contributed by atoms with van der Waals surface area (Å²) in [7, 11) is 0. The molecule has 2 aliphatic heterocycles. The van der Waals surface area contributed by atoms with Gasteiger partial charge in [0.25, 0.3) is 0 Å². The van der Waals surface area contributed by atoms with Crippen LogP contribution in [0.4, 0.5) is 4.79 Å². The molecule has 0 saturated carbocycles. The van der Waals surface area contributed by atoms with Crippen molar-refractivity contribution >= 4 is 60.7 Å². The maximum atomic E-state index is 13.7. The number of pyridine rings is 1. The van der Waals surface area contributed by atoms with E-state index in [1.165, 1.54) is 6.92 Å². The van der Waals surface area contributed by atoms with Crippen molar-refractivity contribution in [2.75, 3.05) is 26.2 Å². The zero-order valence-electron chi connectivity index (χ0n) is 24.4. The van der Waals surface area contributed by atoms with Crippen LogP contribution >= 0.6 is 31.9 Å². The quantitative estimate of drug-likeness (QED) is 0.225. The number of phenols is 1. The number of piperidine rings is 2. The average molecular weight is 735 g/mol. The van der Waals surface area contributed by atoms with E-state index in [1.807, 2.05) is 6.07 Å². The minimum absolute atomic E-state index is 0.0327. The number of nitrogens with one attached hydrogen (secondary N) is 4. The molecule has 4 heterocycles. The smallest absolute Gasteiger partial charge is 0.327 e. The number of benzene rings is 1.